The molecule has 1 aliphatic heterocycles. The number of likely N-dealkylation sites (N-methyl/N-ethyl adjacent to an activating group) is 1. The molecule has 1 aromatic carbocycles. The second-order valence-corrected chi connectivity index (χ2v) is 5.44. The third-order valence-corrected chi connectivity index (χ3v) is 3.89. The molecule has 0 unspecified atom stereocenters. The lowest BCUT2D eigenvalue weighted by molar-refractivity contribution is -0.133. The molecule has 1 heterocycles. The molecule has 0 aromatic heterocycles. The lowest BCUT2D eigenvalue weighted by atomic mass is 9.98. The quantitative estimate of drug-likeness (QED) is 0.834. The molecule has 1 saturated heterocycles. The molecular weight excluding hydrogens is 243 g/mol. The van der Waals surface area contributed by atoms with Crippen LogP contribution < -0.4 is 0 Å². The van der Waals surface area contributed by atoms with E-state index in [-0.39, 0.29) is 17.8 Å². The van der Waals surface area contributed by atoms with E-state index in [4.69, 9.17) is 0 Å². The van der Waals surface area contributed by atoms with E-state index in [9.17, 15) is 9.18 Å². The maximum Gasteiger partial charge on any atom is 0.239 e. The first-order valence-corrected chi connectivity index (χ1v) is 6.69. The van der Waals surface area contributed by atoms with E-state index in [1.807, 2.05) is 13.0 Å². The third-order valence-electron chi connectivity index (χ3n) is 3.89. The molecule has 1 aromatic rings. The topological polar surface area (TPSA) is 23.6 Å². The zero-order valence-corrected chi connectivity index (χ0v) is 11.8. The summed E-state index contributed by atoms with van der Waals surface area (Å²) in [6.07, 6.45) is 0.981. The standard InChI is InChI=1S/C15H21FN2O/c1-11(15(19)17(2)3)18-8-7-13(10-18)12-5-4-6-14(16)9-12/h4-6,9,11,13H,7-8,10H2,1-3H3/t11-,13+/m0/s1. The fraction of sp³-hybridized carbons (Fsp3) is 0.533. The van der Waals surface area contributed by atoms with Crippen molar-refractivity contribution in [3.8, 4) is 0 Å². The van der Waals surface area contributed by atoms with Crippen LogP contribution in [-0.2, 0) is 4.79 Å². The normalized spacial score (nSPS) is 21.4. The maximum atomic E-state index is 13.2. The molecule has 19 heavy (non-hydrogen) atoms. The molecule has 1 fully saturated rings. The van der Waals surface area contributed by atoms with Crippen LogP contribution in [0.4, 0.5) is 4.39 Å². The summed E-state index contributed by atoms with van der Waals surface area (Å²) in [6, 6.07) is 6.69. The van der Waals surface area contributed by atoms with Gasteiger partial charge < -0.3 is 4.90 Å². The van der Waals surface area contributed by atoms with Crippen LogP contribution in [0.25, 0.3) is 0 Å². The van der Waals surface area contributed by atoms with E-state index in [1.54, 1.807) is 31.1 Å². The maximum absolute atomic E-state index is 13.2. The molecule has 0 N–H and O–H groups in total. The number of halogens is 1. The van der Waals surface area contributed by atoms with Gasteiger partial charge in [-0.2, -0.15) is 0 Å². The molecule has 4 heteroatoms. The molecule has 2 rings (SSSR count). The highest BCUT2D eigenvalue weighted by Crippen LogP contribution is 2.28. The smallest absolute Gasteiger partial charge is 0.239 e. The molecular formula is C15H21FN2O. The van der Waals surface area contributed by atoms with Crippen LogP contribution in [0, 0.1) is 5.82 Å². The van der Waals surface area contributed by atoms with Crippen molar-refractivity contribution in [3.63, 3.8) is 0 Å². The van der Waals surface area contributed by atoms with Crippen molar-refractivity contribution in [2.75, 3.05) is 27.2 Å². The van der Waals surface area contributed by atoms with Gasteiger partial charge in [-0.1, -0.05) is 12.1 Å². The van der Waals surface area contributed by atoms with Crippen molar-refractivity contribution in [1.82, 2.24) is 9.80 Å². The highest BCUT2D eigenvalue weighted by molar-refractivity contribution is 5.81. The molecule has 0 saturated carbocycles. The van der Waals surface area contributed by atoms with Gasteiger partial charge in [-0.3, -0.25) is 9.69 Å². The molecule has 0 radical (unpaired) electrons. The van der Waals surface area contributed by atoms with E-state index in [1.165, 1.54) is 6.07 Å². The largest absolute Gasteiger partial charge is 0.347 e. The highest BCUT2D eigenvalue weighted by atomic mass is 19.1. The average molecular weight is 264 g/mol. The first-order valence-electron chi connectivity index (χ1n) is 6.69. The van der Waals surface area contributed by atoms with Gasteiger partial charge in [0.2, 0.25) is 5.91 Å². The molecule has 1 aliphatic rings. The predicted octanol–water partition coefficient (Wildman–Crippen LogP) is 2.09. The zero-order valence-electron chi connectivity index (χ0n) is 11.8. The molecule has 2 atom stereocenters. The summed E-state index contributed by atoms with van der Waals surface area (Å²) in [4.78, 5) is 15.8. The van der Waals surface area contributed by atoms with E-state index in [0.717, 1.165) is 25.1 Å². The molecule has 0 aliphatic carbocycles. The Hall–Kier alpha value is -1.42. The van der Waals surface area contributed by atoms with Gasteiger partial charge in [0.05, 0.1) is 6.04 Å². The van der Waals surface area contributed by atoms with Crippen molar-refractivity contribution in [3.05, 3.63) is 35.6 Å². The summed E-state index contributed by atoms with van der Waals surface area (Å²) in [5.41, 5.74) is 1.03. The molecule has 3 nitrogen and oxygen atoms in total. The Balaban J connectivity index is 2.02. The summed E-state index contributed by atoms with van der Waals surface area (Å²) >= 11 is 0. The van der Waals surface area contributed by atoms with Crippen molar-refractivity contribution in [2.45, 2.75) is 25.3 Å². The van der Waals surface area contributed by atoms with Crippen LogP contribution >= 0.6 is 0 Å². The third kappa shape index (κ3) is 3.13. The van der Waals surface area contributed by atoms with E-state index in [2.05, 4.69) is 4.90 Å². The lowest BCUT2D eigenvalue weighted by Crippen LogP contribution is -2.43. The number of hydrogen-bond acceptors (Lipinski definition) is 2. The summed E-state index contributed by atoms with van der Waals surface area (Å²) in [5.74, 6) is 0.265. The van der Waals surface area contributed by atoms with Crippen molar-refractivity contribution >= 4 is 5.91 Å². The van der Waals surface area contributed by atoms with E-state index < -0.39 is 0 Å². The minimum absolute atomic E-state index is 0.103. The average Bonchev–Trinajstić information content (AvgIpc) is 2.86. The summed E-state index contributed by atoms with van der Waals surface area (Å²) in [5, 5.41) is 0. The van der Waals surface area contributed by atoms with Crippen LogP contribution in [0.15, 0.2) is 24.3 Å². The van der Waals surface area contributed by atoms with Crippen LogP contribution in [0.3, 0.4) is 0 Å². The Kier molecular flexibility index (Phi) is 4.20. The summed E-state index contributed by atoms with van der Waals surface area (Å²) in [6.45, 7) is 3.66. The van der Waals surface area contributed by atoms with Gasteiger partial charge in [0.15, 0.2) is 0 Å². The molecule has 0 bridgehead atoms. The Labute approximate surface area is 114 Å². The Morgan fingerprint density at radius 1 is 1.47 bits per heavy atom. The molecule has 1 amide bonds. The van der Waals surface area contributed by atoms with E-state index in [0.29, 0.717) is 5.92 Å². The van der Waals surface area contributed by atoms with Crippen LogP contribution in [-0.4, -0.2) is 48.9 Å². The Bertz CT molecular complexity index is 461. The summed E-state index contributed by atoms with van der Waals surface area (Å²) in [7, 11) is 3.55. The number of likely N-dealkylation sites (tertiary alicyclic amines) is 1. The van der Waals surface area contributed by atoms with Crippen molar-refractivity contribution < 1.29 is 9.18 Å². The van der Waals surface area contributed by atoms with E-state index >= 15 is 0 Å². The van der Waals surface area contributed by atoms with Gasteiger partial charge in [0.1, 0.15) is 5.82 Å². The number of amides is 1. The Morgan fingerprint density at radius 3 is 2.84 bits per heavy atom. The number of benzene rings is 1. The Morgan fingerprint density at radius 2 is 2.21 bits per heavy atom. The van der Waals surface area contributed by atoms with Crippen molar-refractivity contribution in [2.24, 2.45) is 0 Å². The minimum atomic E-state index is -0.187. The monoisotopic (exact) mass is 264 g/mol. The van der Waals surface area contributed by atoms with Crippen LogP contribution in [0.1, 0.15) is 24.8 Å². The van der Waals surface area contributed by atoms with Gasteiger partial charge in [-0.05, 0) is 43.5 Å². The zero-order chi connectivity index (χ0) is 14.0. The fourth-order valence-corrected chi connectivity index (χ4v) is 2.70. The molecule has 0 spiro atoms. The first-order chi connectivity index (χ1) is 8.99. The number of nitrogens with zero attached hydrogens (tertiary/aromatic N) is 2. The van der Waals surface area contributed by atoms with Gasteiger partial charge in [-0.15, -0.1) is 0 Å². The highest BCUT2D eigenvalue weighted by Gasteiger charge is 2.30. The van der Waals surface area contributed by atoms with Crippen LogP contribution in [0.5, 0.6) is 0 Å². The number of rotatable bonds is 3. The second kappa shape index (κ2) is 5.70. The second-order valence-electron chi connectivity index (χ2n) is 5.44. The first kappa shape index (κ1) is 14.0. The van der Waals surface area contributed by atoms with Crippen molar-refractivity contribution in [1.29, 1.82) is 0 Å². The van der Waals surface area contributed by atoms with Gasteiger partial charge in [0.25, 0.3) is 0 Å². The molecule has 104 valence electrons. The SMILES string of the molecule is C[C@@H](C(=O)N(C)C)N1CC[C@@H](c2cccc(F)c2)C1. The minimum Gasteiger partial charge on any atom is -0.347 e. The lowest BCUT2D eigenvalue weighted by Gasteiger charge is -2.26. The number of hydrogen-bond donors (Lipinski definition) is 0. The van der Waals surface area contributed by atoms with Gasteiger partial charge in [0, 0.05) is 20.6 Å². The van der Waals surface area contributed by atoms with Gasteiger partial charge in [-0.25, -0.2) is 4.39 Å². The number of carbonyl (C=O) groups excluding carboxylic acids is 1. The fourth-order valence-electron chi connectivity index (χ4n) is 2.70. The van der Waals surface area contributed by atoms with Gasteiger partial charge >= 0.3 is 0 Å². The number of carbonyl (C=O) groups is 1. The predicted molar refractivity (Wildman–Crippen MR) is 73.5 cm³/mol. The summed E-state index contributed by atoms with van der Waals surface area (Å²) < 4.78 is 13.2. The van der Waals surface area contributed by atoms with Crippen LogP contribution in [0.2, 0.25) is 0 Å².